The van der Waals surface area contributed by atoms with Gasteiger partial charge in [0, 0.05) is 43.9 Å². The van der Waals surface area contributed by atoms with Crippen molar-refractivity contribution in [2.75, 3.05) is 26.7 Å². The highest BCUT2D eigenvalue weighted by molar-refractivity contribution is 5.28. The van der Waals surface area contributed by atoms with Crippen LogP contribution in [0.4, 0.5) is 4.39 Å². The molecular formula is C13H19FN2O. The maximum absolute atomic E-state index is 13.8. The summed E-state index contributed by atoms with van der Waals surface area (Å²) in [5.74, 6) is 0.384. The molecule has 0 radical (unpaired) electrons. The highest BCUT2D eigenvalue weighted by atomic mass is 19.1. The van der Waals surface area contributed by atoms with Gasteiger partial charge in [-0.15, -0.1) is 0 Å². The zero-order chi connectivity index (χ0) is 12.3. The molecule has 0 amide bonds. The van der Waals surface area contributed by atoms with Crippen molar-refractivity contribution in [1.29, 1.82) is 0 Å². The summed E-state index contributed by atoms with van der Waals surface area (Å²) in [5.41, 5.74) is 0.736. The van der Waals surface area contributed by atoms with Crippen LogP contribution in [0, 0.1) is 5.82 Å². The summed E-state index contributed by atoms with van der Waals surface area (Å²) in [6, 6.07) is 5.52. The van der Waals surface area contributed by atoms with Crippen molar-refractivity contribution in [3.63, 3.8) is 0 Å². The largest absolute Gasteiger partial charge is 0.497 e. The van der Waals surface area contributed by atoms with Gasteiger partial charge < -0.3 is 10.1 Å². The van der Waals surface area contributed by atoms with E-state index in [9.17, 15) is 4.39 Å². The topological polar surface area (TPSA) is 24.5 Å². The Morgan fingerprint density at radius 3 is 3.00 bits per heavy atom. The van der Waals surface area contributed by atoms with E-state index in [-0.39, 0.29) is 5.82 Å². The van der Waals surface area contributed by atoms with Crippen LogP contribution in [-0.4, -0.2) is 37.7 Å². The molecule has 1 fully saturated rings. The Morgan fingerprint density at radius 1 is 1.53 bits per heavy atom. The summed E-state index contributed by atoms with van der Waals surface area (Å²) in [6.07, 6.45) is 0. The predicted molar refractivity (Wildman–Crippen MR) is 65.7 cm³/mol. The molecule has 1 aromatic carbocycles. The van der Waals surface area contributed by atoms with Crippen molar-refractivity contribution in [3.8, 4) is 5.75 Å². The van der Waals surface area contributed by atoms with Gasteiger partial charge in [-0.25, -0.2) is 4.39 Å². The van der Waals surface area contributed by atoms with Gasteiger partial charge in [-0.05, 0) is 13.0 Å². The van der Waals surface area contributed by atoms with Gasteiger partial charge in [-0.1, -0.05) is 6.07 Å². The van der Waals surface area contributed by atoms with Crippen LogP contribution >= 0.6 is 0 Å². The molecule has 17 heavy (non-hydrogen) atoms. The van der Waals surface area contributed by atoms with Crippen LogP contribution < -0.4 is 10.1 Å². The monoisotopic (exact) mass is 238 g/mol. The maximum atomic E-state index is 13.8. The van der Waals surface area contributed by atoms with E-state index in [4.69, 9.17) is 4.74 Å². The summed E-state index contributed by atoms with van der Waals surface area (Å²) >= 11 is 0. The second kappa shape index (κ2) is 5.47. The lowest BCUT2D eigenvalue weighted by Crippen LogP contribution is -2.49. The number of methoxy groups -OCH3 is 1. The van der Waals surface area contributed by atoms with Gasteiger partial charge in [-0.3, -0.25) is 4.90 Å². The smallest absolute Gasteiger partial charge is 0.131 e. The van der Waals surface area contributed by atoms with Crippen LogP contribution in [0.15, 0.2) is 18.2 Å². The number of nitrogens with zero attached hydrogens (tertiary/aromatic N) is 1. The first-order chi connectivity index (χ1) is 8.20. The fraction of sp³-hybridized carbons (Fsp3) is 0.538. The minimum absolute atomic E-state index is 0.185. The Balaban J connectivity index is 2.07. The molecular weight excluding hydrogens is 219 g/mol. The van der Waals surface area contributed by atoms with Gasteiger partial charge in [0.25, 0.3) is 0 Å². The molecule has 1 heterocycles. The third kappa shape index (κ3) is 2.96. The van der Waals surface area contributed by atoms with Crippen LogP contribution in [0.1, 0.15) is 12.5 Å². The molecule has 94 valence electrons. The quantitative estimate of drug-likeness (QED) is 0.866. The molecule has 0 unspecified atom stereocenters. The van der Waals surface area contributed by atoms with Gasteiger partial charge >= 0.3 is 0 Å². The summed E-state index contributed by atoms with van der Waals surface area (Å²) in [5, 5.41) is 3.33. The lowest BCUT2D eigenvalue weighted by Gasteiger charge is -2.33. The van der Waals surface area contributed by atoms with E-state index in [0.717, 1.165) is 25.2 Å². The van der Waals surface area contributed by atoms with Crippen LogP contribution in [-0.2, 0) is 6.54 Å². The lowest BCUT2D eigenvalue weighted by atomic mass is 10.1. The van der Waals surface area contributed by atoms with Crippen LogP contribution in [0.2, 0.25) is 0 Å². The third-order valence-corrected chi connectivity index (χ3v) is 3.27. The molecule has 0 saturated carbocycles. The summed E-state index contributed by atoms with van der Waals surface area (Å²) < 4.78 is 18.8. The van der Waals surface area contributed by atoms with Gasteiger partial charge in [0.15, 0.2) is 0 Å². The number of hydrogen-bond acceptors (Lipinski definition) is 3. The normalized spacial score (nSPS) is 21.5. The van der Waals surface area contributed by atoms with E-state index in [2.05, 4.69) is 17.1 Å². The highest BCUT2D eigenvalue weighted by Crippen LogP contribution is 2.18. The Hall–Kier alpha value is -1.13. The molecule has 0 aliphatic carbocycles. The minimum Gasteiger partial charge on any atom is -0.497 e. The third-order valence-electron chi connectivity index (χ3n) is 3.27. The van der Waals surface area contributed by atoms with Crippen molar-refractivity contribution in [2.45, 2.75) is 19.5 Å². The molecule has 1 aliphatic heterocycles. The Labute approximate surface area is 102 Å². The first-order valence-electron chi connectivity index (χ1n) is 5.98. The fourth-order valence-corrected chi connectivity index (χ4v) is 2.12. The zero-order valence-electron chi connectivity index (χ0n) is 10.4. The molecule has 1 atom stereocenters. The lowest BCUT2D eigenvalue weighted by molar-refractivity contribution is 0.163. The summed E-state index contributed by atoms with van der Waals surface area (Å²) in [4.78, 5) is 2.29. The average Bonchev–Trinajstić information content (AvgIpc) is 2.34. The van der Waals surface area contributed by atoms with Crippen LogP contribution in [0.5, 0.6) is 5.75 Å². The van der Waals surface area contributed by atoms with Gasteiger partial charge in [0.05, 0.1) is 7.11 Å². The molecule has 1 N–H and O–H groups in total. The molecule has 2 rings (SSSR count). The number of piperazine rings is 1. The van der Waals surface area contributed by atoms with Gasteiger partial charge in [0.2, 0.25) is 0 Å². The minimum atomic E-state index is -0.185. The van der Waals surface area contributed by atoms with Gasteiger partial charge in [0.1, 0.15) is 11.6 Å². The van der Waals surface area contributed by atoms with Crippen molar-refractivity contribution < 1.29 is 9.13 Å². The van der Waals surface area contributed by atoms with E-state index in [1.54, 1.807) is 7.11 Å². The molecule has 4 heteroatoms. The van der Waals surface area contributed by atoms with Crippen molar-refractivity contribution in [3.05, 3.63) is 29.6 Å². The second-order valence-corrected chi connectivity index (χ2v) is 4.48. The van der Waals surface area contributed by atoms with E-state index in [0.29, 0.717) is 18.3 Å². The van der Waals surface area contributed by atoms with E-state index < -0.39 is 0 Å². The molecule has 1 aliphatic rings. The van der Waals surface area contributed by atoms with Crippen molar-refractivity contribution >= 4 is 0 Å². The molecule has 0 aromatic heterocycles. The van der Waals surface area contributed by atoms with E-state index in [1.807, 2.05) is 12.1 Å². The van der Waals surface area contributed by atoms with Crippen LogP contribution in [0.3, 0.4) is 0 Å². The molecule has 1 aromatic rings. The predicted octanol–water partition coefficient (Wildman–Crippen LogP) is 1.63. The number of hydrogen-bond donors (Lipinski definition) is 1. The number of halogens is 1. The number of ether oxygens (including phenoxy) is 1. The first-order valence-corrected chi connectivity index (χ1v) is 5.98. The molecule has 0 spiro atoms. The number of rotatable bonds is 3. The van der Waals surface area contributed by atoms with E-state index >= 15 is 0 Å². The maximum Gasteiger partial charge on any atom is 0.131 e. The van der Waals surface area contributed by atoms with Crippen LogP contribution in [0.25, 0.3) is 0 Å². The van der Waals surface area contributed by atoms with E-state index in [1.165, 1.54) is 6.07 Å². The Kier molecular flexibility index (Phi) is 3.97. The second-order valence-electron chi connectivity index (χ2n) is 4.48. The molecule has 0 bridgehead atoms. The standard InChI is InChI=1S/C13H19FN2O/c1-10-8-15-5-6-16(10)9-11-3-4-12(17-2)7-13(11)14/h3-4,7,10,15H,5-6,8-9H2,1-2H3/t10-/m0/s1. The number of nitrogens with one attached hydrogen (secondary N) is 1. The van der Waals surface area contributed by atoms with Crippen molar-refractivity contribution in [1.82, 2.24) is 10.2 Å². The summed E-state index contributed by atoms with van der Waals surface area (Å²) in [7, 11) is 1.55. The van der Waals surface area contributed by atoms with Gasteiger partial charge in [-0.2, -0.15) is 0 Å². The molecule has 3 nitrogen and oxygen atoms in total. The molecule has 1 saturated heterocycles. The average molecular weight is 238 g/mol. The van der Waals surface area contributed by atoms with Crippen molar-refractivity contribution in [2.24, 2.45) is 0 Å². The first kappa shape index (κ1) is 12.3. The Morgan fingerprint density at radius 2 is 2.35 bits per heavy atom. The fourth-order valence-electron chi connectivity index (χ4n) is 2.12. The number of benzene rings is 1. The highest BCUT2D eigenvalue weighted by Gasteiger charge is 2.19. The Bertz CT molecular complexity index is 384. The zero-order valence-corrected chi connectivity index (χ0v) is 10.4. The SMILES string of the molecule is COc1ccc(CN2CCNC[C@@H]2C)c(F)c1. The summed E-state index contributed by atoms with van der Waals surface area (Å²) in [6.45, 7) is 5.73.